The van der Waals surface area contributed by atoms with E-state index in [0.29, 0.717) is 0 Å². The second kappa shape index (κ2) is 12.9. The van der Waals surface area contributed by atoms with Crippen molar-refractivity contribution < 1.29 is 69.7 Å². The minimum atomic E-state index is -1.77. The Morgan fingerprint density at radius 2 is 1.46 bits per heavy atom. The fraction of sp³-hybridized carbons (Fsp3) is 0.519. The summed E-state index contributed by atoms with van der Waals surface area (Å²) in [6, 6.07) is 8.22. The first kappa shape index (κ1) is 30.9. The number of hydrogen-bond donors (Lipinski definition) is 9. The monoisotopic (exact) mass is 582 g/mol. The van der Waals surface area contributed by atoms with Crippen LogP contribution in [0.3, 0.4) is 0 Å². The van der Waals surface area contributed by atoms with Crippen LogP contribution in [0.1, 0.15) is 29.3 Å². The number of aryl methyl sites for hydroxylation is 1. The van der Waals surface area contributed by atoms with E-state index < -0.39 is 85.3 Å². The molecule has 2 heterocycles. The molecular formula is C27H34O14. The first-order chi connectivity index (χ1) is 19.4. The molecule has 2 saturated heterocycles. The summed E-state index contributed by atoms with van der Waals surface area (Å²) in [6.45, 7) is 0.675. The number of rotatable bonds is 9. The largest absolute Gasteiger partial charge is 0.508 e. The highest BCUT2D eigenvalue weighted by Crippen LogP contribution is 2.36. The van der Waals surface area contributed by atoms with Gasteiger partial charge in [-0.05, 0) is 31.0 Å². The van der Waals surface area contributed by atoms with Gasteiger partial charge in [-0.15, -0.1) is 0 Å². The highest BCUT2D eigenvalue weighted by atomic mass is 16.8. The van der Waals surface area contributed by atoms with E-state index in [4.69, 9.17) is 18.9 Å². The highest BCUT2D eigenvalue weighted by molar-refractivity contribution is 6.01. The number of ketones is 1. The lowest BCUT2D eigenvalue weighted by Gasteiger charge is -2.45. The van der Waals surface area contributed by atoms with Gasteiger partial charge in [-0.3, -0.25) is 4.79 Å². The number of ether oxygens (including phenoxy) is 4. The van der Waals surface area contributed by atoms with Crippen molar-refractivity contribution in [3.05, 3.63) is 47.5 Å². The Hall–Kier alpha value is -3.05. The number of aliphatic hydroxyl groups is 6. The van der Waals surface area contributed by atoms with Gasteiger partial charge < -0.3 is 64.9 Å². The van der Waals surface area contributed by atoms with Crippen molar-refractivity contribution in [1.82, 2.24) is 0 Å². The molecule has 10 atom stereocenters. The molecule has 226 valence electrons. The summed E-state index contributed by atoms with van der Waals surface area (Å²) in [5, 5.41) is 91.5. The van der Waals surface area contributed by atoms with Crippen molar-refractivity contribution >= 4 is 5.78 Å². The maximum atomic E-state index is 12.7. The van der Waals surface area contributed by atoms with Crippen LogP contribution in [0.2, 0.25) is 0 Å². The van der Waals surface area contributed by atoms with Gasteiger partial charge in [0.2, 0.25) is 6.29 Å². The van der Waals surface area contributed by atoms with Crippen molar-refractivity contribution in [2.75, 3.05) is 6.61 Å². The second-order valence-corrected chi connectivity index (χ2v) is 10.0. The summed E-state index contributed by atoms with van der Waals surface area (Å²) in [6.07, 6.45) is -15.3. The third kappa shape index (κ3) is 6.72. The first-order valence-corrected chi connectivity index (χ1v) is 12.9. The maximum Gasteiger partial charge on any atom is 0.229 e. The summed E-state index contributed by atoms with van der Waals surface area (Å²) in [5.41, 5.74) is 0.385. The van der Waals surface area contributed by atoms with E-state index in [1.807, 2.05) is 0 Å². The SMILES string of the molecule is C[C@@H]1O[C@H](O[C@H]2[C@H](Oc3cc(O)c(C(=O)CCc4ccc(O)cc4)c(O)c3)O[C@H](CO)[C@@H](O)[C@@H]2O)[C@H](O)[C@H](O)[C@H]1O. The van der Waals surface area contributed by atoms with Gasteiger partial charge in [0.1, 0.15) is 65.2 Å². The van der Waals surface area contributed by atoms with Gasteiger partial charge in [-0.25, -0.2) is 0 Å². The minimum Gasteiger partial charge on any atom is -0.508 e. The number of hydrogen-bond acceptors (Lipinski definition) is 14. The van der Waals surface area contributed by atoms with Gasteiger partial charge in [0.25, 0.3) is 0 Å². The fourth-order valence-electron chi connectivity index (χ4n) is 4.70. The summed E-state index contributed by atoms with van der Waals surface area (Å²) < 4.78 is 22.2. The number of aliphatic hydroxyl groups excluding tert-OH is 6. The van der Waals surface area contributed by atoms with E-state index >= 15 is 0 Å². The molecule has 0 aromatic heterocycles. The lowest BCUT2D eigenvalue weighted by atomic mass is 9.97. The number of phenolic OH excluding ortho intramolecular Hbond substituents is 3. The topological polar surface area (TPSA) is 236 Å². The minimum absolute atomic E-state index is 0.0706. The Balaban J connectivity index is 1.52. The number of phenols is 3. The third-order valence-corrected chi connectivity index (χ3v) is 7.10. The second-order valence-electron chi connectivity index (χ2n) is 10.0. The maximum absolute atomic E-state index is 12.7. The molecule has 14 nitrogen and oxygen atoms in total. The average Bonchev–Trinajstić information content (AvgIpc) is 2.93. The Bertz CT molecular complexity index is 1170. The van der Waals surface area contributed by atoms with Gasteiger partial charge in [0.15, 0.2) is 18.2 Å². The molecule has 0 aliphatic carbocycles. The van der Waals surface area contributed by atoms with Crippen LogP contribution in [0.15, 0.2) is 36.4 Å². The van der Waals surface area contributed by atoms with Crippen molar-refractivity contribution in [2.45, 2.75) is 81.2 Å². The zero-order chi connectivity index (χ0) is 30.0. The van der Waals surface area contributed by atoms with Crippen LogP contribution >= 0.6 is 0 Å². The molecule has 2 fully saturated rings. The van der Waals surface area contributed by atoms with Crippen LogP contribution in [-0.2, 0) is 20.6 Å². The summed E-state index contributed by atoms with van der Waals surface area (Å²) in [5.74, 6) is -2.00. The molecule has 9 N–H and O–H groups in total. The summed E-state index contributed by atoms with van der Waals surface area (Å²) in [4.78, 5) is 12.7. The standard InChI is InChI=1S/C27H34O14/c1-11-20(33)22(35)24(37)26(38-11)41-25-23(36)21(34)18(10-28)40-27(25)39-14-8-16(31)19(17(32)9-14)15(30)7-4-12-2-5-13(29)6-3-12/h2-3,5-6,8-9,11,18,20-29,31-37H,4,7,10H2,1H3/t11-,18+,20-,21+,22+,23-,24+,25+,26+,27+/m0/s1. The number of carbonyl (C=O) groups is 1. The smallest absolute Gasteiger partial charge is 0.229 e. The Morgan fingerprint density at radius 1 is 0.829 bits per heavy atom. The molecule has 2 aliphatic heterocycles. The van der Waals surface area contributed by atoms with Crippen LogP contribution in [-0.4, -0.2) is 120 Å². The average molecular weight is 583 g/mol. The molecule has 0 bridgehead atoms. The molecule has 0 saturated carbocycles. The predicted molar refractivity (Wildman–Crippen MR) is 136 cm³/mol. The Morgan fingerprint density at radius 3 is 2.07 bits per heavy atom. The Labute approximate surface area is 234 Å². The van der Waals surface area contributed by atoms with E-state index in [9.17, 15) is 50.8 Å². The van der Waals surface area contributed by atoms with Gasteiger partial charge >= 0.3 is 0 Å². The molecule has 2 aromatic carbocycles. The first-order valence-electron chi connectivity index (χ1n) is 12.9. The fourth-order valence-corrected chi connectivity index (χ4v) is 4.70. The number of aromatic hydroxyl groups is 3. The molecule has 41 heavy (non-hydrogen) atoms. The van der Waals surface area contributed by atoms with Crippen molar-refractivity contribution in [2.24, 2.45) is 0 Å². The Kier molecular flexibility index (Phi) is 9.69. The summed E-state index contributed by atoms with van der Waals surface area (Å²) in [7, 11) is 0. The van der Waals surface area contributed by atoms with Crippen molar-refractivity contribution in [3.8, 4) is 23.0 Å². The highest BCUT2D eigenvalue weighted by Gasteiger charge is 2.51. The quantitative estimate of drug-likeness (QED) is 0.156. The predicted octanol–water partition coefficient (Wildman–Crippen LogP) is -1.35. The van der Waals surface area contributed by atoms with Crippen molar-refractivity contribution in [1.29, 1.82) is 0 Å². The third-order valence-electron chi connectivity index (χ3n) is 7.10. The van der Waals surface area contributed by atoms with E-state index in [2.05, 4.69) is 0 Å². The molecule has 0 amide bonds. The molecular weight excluding hydrogens is 548 g/mol. The molecule has 14 heteroatoms. The number of benzene rings is 2. The van der Waals surface area contributed by atoms with E-state index in [0.717, 1.165) is 17.7 Å². The summed E-state index contributed by atoms with van der Waals surface area (Å²) >= 11 is 0. The van der Waals surface area contributed by atoms with Crippen LogP contribution in [0.5, 0.6) is 23.0 Å². The van der Waals surface area contributed by atoms with E-state index in [1.54, 1.807) is 12.1 Å². The van der Waals surface area contributed by atoms with E-state index in [-0.39, 0.29) is 29.9 Å². The van der Waals surface area contributed by atoms with Gasteiger partial charge in [0.05, 0.1) is 12.7 Å². The van der Waals surface area contributed by atoms with Crippen LogP contribution in [0.25, 0.3) is 0 Å². The molecule has 0 spiro atoms. The molecule has 0 radical (unpaired) electrons. The zero-order valence-corrected chi connectivity index (χ0v) is 21.9. The molecule has 2 aromatic rings. The van der Waals surface area contributed by atoms with Crippen LogP contribution in [0, 0.1) is 0 Å². The zero-order valence-electron chi connectivity index (χ0n) is 21.9. The van der Waals surface area contributed by atoms with Crippen LogP contribution < -0.4 is 4.74 Å². The lowest BCUT2D eigenvalue weighted by Crippen LogP contribution is -2.64. The molecule has 0 unspecified atom stereocenters. The van der Waals surface area contributed by atoms with Gasteiger partial charge in [-0.2, -0.15) is 0 Å². The molecule has 4 rings (SSSR count). The number of Topliss-reactive ketones (excluding diaryl/α,β-unsaturated/α-hetero) is 1. The van der Waals surface area contributed by atoms with Gasteiger partial charge in [0, 0.05) is 18.6 Å². The van der Waals surface area contributed by atoms with Crippen LogP contribution in [0.4, 0.5) is 0 Å². The lowest BCUT2D eigenvalue weighted by molar-refractivity contribution is -0.354. The van der Waals surface area contributed by atoms with E-state index in [1.165, 1.54) is 19.1 Å². The molecule has 2 aliphatic rings. The normalized spacial score (nSPS) is 33.8. The number of carbonyl (C=O) groups excluding carboxylic acids is 1. The van der Waals surface area contributed by atoms with Crippen molar-refractivity contribution in [3.63, 3.8) is 0 Å². The van der Waals surface area contributed by atoms with Gasteiger partial charge in [-0.1, -0.05) is 12.1 Å².